The Morgan fingerprint density at radius 1 is 0.597 bits per heavy atom. The molecule has 20 heteroatoms. The lowest BCUT2D eigenvalue weighted by Gasteiger charge is -2.31. The van der Waals surface area contributed by atoms with Crippen LogP contribution in [0.5, 0.6) is 35.0 Å². The molecule has 4 aliphatic rings. The van der Waals surface area contributed by atoms with Crippen LogP contribution in [0.3, 0.4) is 0 Å². The minimum absolute atomic E-state index is 0.0109. The molecule has 2 aromatic carbocycles. The third-order valence-corrected chi connectivity index (χ3v) is 11.3. The summed E-state index contributed by atoms with van der Waals surface area (Å²) in [6.07, 6.45) is 8.96. The maximum absolute atomic E-state index is 11.7. The number of amides is 6. The molecule has 2 aromatic heterocycles. The van der Waals surface area contributed by atoms with Gasteiger partial charge in [0.05, 0.1) is 21.9 Å². The van der Waals surface area contributed by atoms with E-state index < -0.39 is 11.8 Å². The molecule has 2 N–H and O–H groups in total. The molecule has 320 valence electrons. The maximum Gasteiger partial charge on any atom is 0.290 e. The zero-order valence-corrected chi connectivity index (χ0v) is 35.1. The quantitative estimate of drug-likeness (QED) is 0.175. The van der Waals surface area contributed by atoms with Crippen molar-refractivity contribution in [3.05, 3.63) is 94.3 Å². The topological polar surface area (TPSA) is 221 Å². The number of nitrogens with one attached hydrogen (secondary N) is 2. The highest BCUT2D eigenvalue weighted by molar-refractivity contribution is 8.18. The van der Waals surface area contributed by atoms with Gasteiger partial charge in [0.2, 0.25) is 35.3 Å². The first-order valence-corrected chi connectivity index (χ1v) is 21.1. The van der Waals surface area contributed by atoms with E-state index >= 15 is 0 Å². The van der Waals surface area contributed by atoms with Crippen molar-refractivity contribution in [3.63, 3.8) is 0 Å². The van der Waals surface area contributed by atoms with Gasteiger partial charge in [-0.3, -0.25) is 39.4 Å². The Kier molecular flexibility index (Phi) is 14.1. The normalized spacial score (nSPS) is 18.2. The zero-order valence-electron chi connectivity index (χ0n) is 33.5. The highest BCUT2D eigenvalue weighted by Crippen LogP contribution is 2.30. The van der Waals surface area contributed by atoms with Gasteiger partial charge in [-0.1, -0.05) is 24.3 Å². The lowest BCUT2D eigenvalue weighted by atomic mass is 10.1. The van der Waals surface area contributed by atoms with Crippen LogP contribution in [-0.2, 0) is 19.2 Å². The van der Waals surface area contributed by atoms with Crippen molar-refractivity contribution in [1.82, 2.24) is 40.4 Å². The van der Waals surface area contributed by atoms with Crippen LogP contribution in [-0.4, -0.2) is 102 Å². The fourth-order valence-electron chi connectivity index (χ4n) is 6.49. The Morgan fingerprint density at radius 3 is 1.50 bits per heavy atom. The molecule has 18 nitrogen and oxygen atoms in total. The first kappa shape index (κ1) is 43.3. The van der Waals surface area contributed by atoms with E-state index in [1.807, 2.05) is 4.90 Å². The van der Waals surface area contributed by atoms with Gasteiger partial charge in [-0.2, -0.15) is 0 Å². The fraction of sp³-hybridized carbons (Fsp3) is 0.286. The number of imide groups is 2. The summed E-state index contributed by atoms with van der Waals surface area (Å²) < 4.78 is 23.5. The predicted molar refractivity (Wildman–Crippen MR) is 227 cm³/mol. The Labute approximate surface area is 363 Å². The van der Waals surface area contributed by atoms with Crippen molar-refractivity contribution in [3.8, 4) is 35.0 Å². The zero-order chi connectivity index (χ0) is 43.6. The molecular formula is C42H40N8O10S2. The molecule has 4 fully saturated rings. The summed E-state index contributed by atoms with van der Waals surface area (Å²) in [6.45, 7) is 5.82. The van der Waals surface area contributed by atoms with Crippen LogP contribution < -0.4 is 29.6 Å². The van der Waals surface area contributed by atoms with Gasteiger partial charge in [0.1, 0.15) is 36.4 Å². The first-order valence-electron chi connectivity index (χ1n) is 19.5. The number of aromatic nitrogens is 4. The number of carbonyl (C=O) groups is 6. The first-order chi connectivity index (χ1) is 29.9. The van der Waals surface area contributed by atoms with E-state index in [4.69, 9.17) is 18.9 Å². The molecule has 0 radical (unpaired) electrons. The Morgan fingerprint density at radius 2 is 1.05 bits per heavy atom. The van der Waals surface area contributed by atoms with Gasteiger partial charge >= 0.3 is 0 Å². The molecule has 0 atom stereocenters. The van der Waals surface area contributed by atoms with Crippen LogP contribution in [0.15, 0.2) is 83.1 Å². The molecule has 0 unspecified atom stereocenters. The molecule has 0 spiro atoms. The molecule has 4 saturated heterocycles. The van der Waals surface area contributed by atoms with E-state index in [0.29, 0.717) is 76.6 Å². The number of hydrogen-bond acceptors (Lipinski definition) is 16. The third-order valence-electron chi connectivity index (χ3n) is 9.65. The number of ether oxygens (including phenoxy) is 4. The van der Waals surface area contributed by atoms with E-state index in [1.165, 1.54) is 12.7 Å². The van der Waals surface area contributed by atoms with Gasteiger partial charge in [-0.05, 0) is 71.1 Å². The second-order valence-corrected chi connectivity index (χ2v) is 16.1. The predicted octanol–water partition coefficient (Wildman–Crippen LogP) is 5.97. The van der Waals surface area contributed by atoms with E-state index in [1.54, 1.807) is 91.6 Å². The number of nitrogens with zero attached hydrogens (tertiary/aromatic N) is 6. The standard InChI is InChI=1S/2C21H20N4O5S/c1-13(26)25-8-6-16(7-9-25)30-19-11-18(22-12-23-19)29-15-4-2-14(3-5-15)10-17-20(27)24-21(28)31-17;1-13(26)25-7-5-15(6-8-25)29-18-11-19(23-12-22-18)30-16-4-2-3-14(9-16)10-17-20(27)24-21(28)31-17/h2-5,10-12,16H,6-9H2,1H3,(H,24,27,28);2-4,9-12,15H,5-8H2,1H3,(H,24,27,28)/b2*17-10-. The van der Waals surface area contributed by atoms with Gasteiger partial charge in [0.15, 0.2) is 0 Å². The number of hydrogen-bond donors (Lipinski definition) is 2. The van der Waals surface area contributed by atoms with Crippen molar-refractivity contribution >= 4 is 69.8 Å². The average molecular weight is 881 g/mol. The van der Waals surface area contributed by atoms with E-state index in [2.05, 4.69) is 30.6 Å². The fourth-order valence-corrected chi connectivity index (χ4v) is 7.86. The monoisotopic (exact) mass is 880 g/mol. The average Bonchev–Trinajstić information content (AvgIpc) is 3.75. The minimum Gasteiger partial charge on any atom is -0.474 e. The van der Waals surface area contributed by atoms with Crippen molar-refractivity contribution < 1.29 is 47.7 Å². The minimum atomic E-state index is -0.409. The smallest absolute Gasteiger partial charge is 0.290 e. The van der Waals surface area contributed by atoms with E-state index in [9.17, 15) is 28.8 Å². The van der Waals surface area contributed by atoms with Gasteiger partial charge < -0.3 is 28.7 Å². The molecule has 6 amide bonds. The van der Waals surface area contributed by atoms with Crippen LogP contribution in [0, 0.1) is 0 Å². The maximum atomic E-state index is 11.7. The Hall–Kier alpha value is -6.80. The number of likely N-dealkylation sites (tertiary alicyclic amines) is 2. The summed E-state index contributed by atoms with van der Waals surface area (Å²) in [4.78, 5) is 89.6. The van der Waals surface area contributed by atoms with Gasteiger partial charge in [-0.25, -0.2) is 19.9 Å². The molecule has 8 rings (SSSR count). The van der Waals surface area contributed by atoms with Crippen LogP contribution in [0.25, 0.3) is 12.2 Å². The molecule has 4 aliphatic heterocycles. The van der Waals surface area contributed by atoms with Gasteiger partial charge in [0, 0.05) is 65.7 Å². The molecule has 0 saturated carbocycles. The van der Waals surface area contributed by atoms with Crippen LogP contribution in [0.4, 0.5) is 9.59 Å². The van der Waals surface area contributed by atoms with Crippen molar-refractivity contribution in [2.75, 3.05) is 26.2 Å². The lowest BCUT2D eigenvalue weighted by molar-refractivity contribution is -0.131. The molecule has 4 aromatic rings. The molecule has 62 heavy (non-hydrogen) atoms. The van der Waals surface area contributed by atoms with Gasteiger partial charge in [0.25, 0.3) is 22.3 Å². The Bertz CT molecular complexity index is 2420. The number of thioether (sulfide) groups is 2. The SMILES string of the molecule is CC(=O)N1CCC(Oc2cc(Oc3ccc(/C=C4\SC(=O)NC4=O)cc3)ncn2)CC1.CC(=O)N1CCC(Oc2cc(Oc3cccc(/C=C4\SC(=O)NC4=O)c3)ncn2)CC1. The summed E-state index contributed by atoms with van der Waals surface area (Å²) in [7, 11) is 0. The van der Waals surface area contributed by atoms with Crippen LogP contribution in [0.1, 0.15) is 50.7 Å². The van der Waals surface area contributed by atoms with E-state index in [-0.39, 0.29) is 34.5 Å². The summed E-state index contributed by atoms with van der Waals surface area (Å²) in [5.74, 6) is 1.91. The highest BCUT2D eigenvalue weighted by atomic mass is 32.2. The lowest BCUT2D eigenvalue weighted by Crippen LogP contribution is -2.40. The number of benzene rings is 2. The number of piperidine rings is 2. The summed E-state index contributed by atoms with van der Waals surface area (Å²) in [5, 5.41) is 3.69. The van der Waals surface area contributed by atoms with Crippen molar-refractivity contribution in [1.29, 1.82) is 0 Å². The molecular weight excluding hydrogens is 841 g/mol. The van der Waals surface area contributed by atoms with Gasteiger partial charge in [-0.15, -0.1) is 0 Å². The highest BCUT2D eigenvalue weighted by Gasteiger charge is 2.27. The van der Waals surface area contributed by atoms with Crippen LogP contribution in [0.2, 0.25) is 0 Å². The summed E-state index contributed by atoms with van der Waals surface area (Å²) >= 11 is 1.73. The molecule has 6 heterocycles. The summed E-state index contributed by atoms with van der Waals surface area (Å²) in [5.41, 5.74) is 1.48. The largest absolute Gasteiger partial charge is 0.474 e. The molecule has 0 bridgehead atoms. The van der Waals surface area contributed by atoms with Crippen LogP contribution >= 0.6 is 23.5 Å². The second-order valence-electron chi connectivity index (χ2n) is 14.1. The van der Waals surface area contributed by atoms with Crippen molar-refractivity contribution in [2.45, 2.75) is 51.7 Å². The van der Waals surface area contributed by atoms with E-state index in [0.717, 1.165) is 54.8 Å². The molecule has 0 aliphatic carbocycles. The third kappa shape index (κ3) is 12.2. The second kappa shape index (κ2) is 20.2. The van der Waals surface area contributed by atoms with Crippen molar-refractivity contribution in [2.24, 2.45) is 0 Å². The number of rotatable bonds is 10. The number of carbonyl (C=O) groups excluding carboxylic acids is 6. The Balaban J connectivity index is 0.000000186. The summed E-state index contributed by atoms with van der Waals surface area (Å²) in [6, 6.07) is 17.4.